The minimum atomic E-state index is -0.581. The Bertz CT molecular complexity index is 799. The summed E-state index contributed by atoms with van der Waals surface area (Å²) in [5, 5.41) is 11.4. The molecule has 0 aliphatic rings. The second-order valence-corrected chi connectivity index (χ2v) is 6.63. The third kappa shape index (κ3) is 4.10. The van der Waals surface area contributed by atoms with Gasteiger partial charge in [-0.1, -0.05) is 0 Å². The van der Waals surface area contributed by atoms with Crippen molar-refractivity contribution in [2.24, 2.45) is 0 Å². The fraction of sp³-hybridized carbons (Fsp3) is 0.250. The van der Waals surface area contributed by atoms with Gasteiger partial charge in [-0.2, -0.15) is 0 Å². The number of carbonyl (C=O) groups excluding carboxylic acids is 1. The molecule has 0 fully saturated rings. The van der Waals surface area contributed by atoms with Crippen molar-refractivity contribution in [2.75, 3.05) is 24.8 Å². The van der Waals surface area contributed by atoms with Crippen LogP contribution >= 0.6 is 27.7 Å². The van der Waals surface area contributed by atoms with Gasteiger partial charge in [0.25, 0.3) is 11.6 Å². The number of hydrogen-bond acceptors (Lipinski definition) is 6. The maximum Gasteiger partial charge on any atom is 0.285 e. The summed E-state index contributed by atoms with van der Waals surface area (Å²) < 4.78 is 5.96. The number of carbonyl (C=O) groups is 1. The molecule has 0 aliphatic heterocycles. The number of amides is 1. The summed E-state index contributed by atoms with van der Waals surface area (Å²) >= 11 is 4.64. The quantitative estimate of drug-likeness (QED) is 0.392. The van der Waals surface area contributed by atoms with Gasteiger partial charge in [-0.15, -0.1) is 11.8 Å². The van der Waals surface area contributed by atoms with Crippen molar-refractivity contribution in [3.05, 3.63) is 50.6 Å². The number of thioether (sulfide) groups is 1. The van der Waals surface area contributed by atoms with E-state index in [1.165, 1.54) is 35.9 Å². The highest BCUT2D eigenvalue weighted by molar-refractivity contribution is 9.10. The van der Waals surface area contributed by atoms with E-state index in [1.807, 2.05) is 6.26 Å². The van der Waals surface area contributed by atoms with Crippen LogP contribution in [0, 0.1) is 10.1 Å². The molecule has 0 saturated heterocycles. The summed E-state index contributed by atoms with van der Waals surface area (Å²) in [7, 11) is 1.43. The van der Waals surface area contributed by atoms with Gasteiger partial charge in [0.1, 0.15) is 17.1 Å². The molecule has 0 bridgehead atoms. The van der Waals surface area contributed by atoms with Crippen LogP contribution in [0.1, 0.15) is 17.3 Å². The molecular formula is C16H16BrN3O4S. The molecule has 2 rings (SSSR count). The second kappa shape index (κ2) is 8.30. The standard InChI is InChI=1S/C16H16BrN3O4S/c1-4-19(15-6-5-10(17)9-18-15)16(21)11-7-14(25-3)13(24-2)8-12(11)20(22)23/h5-9H,4H2,1-3H3. The molecule has 1 aromatic heterocycles. The van der Waals surface area contributed by atoms with E-state index in [1.54, 1.807) is 25.3 Å². The molecule has 0 unspecified atom stereocenters. The predicted octanol–water partition coefficient (Wildman–Crippen LogP) is 4.15. The van der Waals surface area contributed by atoms with E-state index in [0.717, 1.165) is 4.47 Å². The first kappa shape index (κ1) is 19.2. The number of nitro benzene ring substituents is 1. The lowest BCUT2D eigenvalue weighted by atomic mass is 10.1. The third-order valence-electron chi connectivity index (χ3n) is 3.48. The average molecular weight is 426 g/mol. The Kier molecular flexibility index (Phi) is 6.38. The number of pyridine rings is 1. The van der Waals surface area contributed by atoms with Crippen LogP contribution in [0.5, 0.6) is 5.75 Å². The van der Waals surface area contributed by atoms with E-state index in [0.29, 0.717) is 23.0 Å². The number of hydrogen-bond donors (Lipinski definition) is 0. The molecular weight excluding hydrogens is 410 g/mol. The number of nitrogens with zero attached hydrogens (tertiary/aromatic N) is 3. The first-order valence-electron chi connectivity index (χ1n) is 7.26. The normalized spacial score (nSPS) is 10.4. The van der Waals surface area contributed by atoms with Crippen molar-refractivity contribution in [3.63, 3.8) is 0 Å². The molecule has 9 heteroatoms. The fourth-order valence-corrected chi connectivity index (χ4v) is 3.09. The van der Waals surface area contributed by atoms with E-state index < -0.39 is 10.8 Å². The summed E-state index contributed by atoms with van der Waals surface area (Å²) in [6.07, 6.45) is 3.38. The van der Waals surface area contributed by atoms with E-state index in [2.05, 4.69) is 20.9 Å². The average Bonchev–Trinajstić information content (AvgIpc) is 2.62. The van der Waals surface area contributed by atoms with Crippen LogP contribution in [0.25, 0.3) is 0 Å². The molecule has 0 N–H and O–H groups in total. The first-order valence-corrected chi connectivity index (χ1v) is 9.28. The Morgan fingerprint density at radius 3 is 2.64 bits per heavy atom. The molecule has 7 nitrogen and oxygen atoms in total. The van der Waals surface area contributed by atoms with Crippen molar-refractivity contribution >= 4 is 45.1 Å². The van der Waals surface area contributed by atoms with Crippen molar-refractivity contribution in [2.45, 2.75) is 11.8 Å². The molecule has 0 saturated carbocycles. The number of aromatic nitrogens is 1. The van der Waals surface area contributed by atoms with Crippen molar-refractivity contribution in [1.29, 1.82) is 0 Å². The lowest BCUT2D eigenvalue weighted by molar-refractivity contribution is -0.385. The predicted molar refractivity (Wildman–Crippen MR) is 101 cm³/mol. The Morgan fingerprint density at radius 1 is 1.44 bits per heavy atom. The van der Waals surface area contributed by atoms with Gasteiger partial charge in [0, 0.05) is 17.2 Å². The highest BCUT2D eigenvalue weighted by Gasteiger charge is 2.28. The summed E-state index contributed by atoms with van der Waals surface area (Å²) in [4.78, 5) is 30.1. The topological polar surface area (TPSA) is 85.6 Å². The molecule has 0 aliphatic carbocycles. The molecule has 1 aromatic carbocycles. The van der Waals surface area contributed by atoms with E-state index in [4.69, 9.17) is 4.74 Å². The zero-order valence-electron chi connectivity index (χ0n) is 13.9. The largest absolute Gasteiger partial charge is 0.495 e. The van der Waals surface area contributed by atoms with Gasteiger partial charge in [0.2, 0.25) is 0 Å². The molecule has 0 atom stereocenters. The van der Waals surface area contributed by atoms with Crippen LogP contribution in [0.2, 0.25) is 0 Å². The Hall–Kier alpha value is -2.13. The van der Waals surface area contributed by atoms with Crippen molar-refractivity contribution in [1.82, 2.24) is 4.98 Å². The van der Waals surface area contributed by atoms with Gasteiger partial charge >= 0.3 is 0 Å². The Morgan fingerprint density at radius 2 is 2.16 bits per heavy atom. The third-order valence-corrected chi connectivity index (χ3v) is 4.71. The number of anilines is 1. The lowest BCUT2D eigenvalue weighted by Gasteiger charge is -2.20. The summed E-state index contributed by atoms with van der Waals surface area (Å²) in [6, 6.07) is 6.21. The summed E-state index contributed by atoms with van der Waals surface area (Å²) in [5.74, 6) is 0.300. The smallest absolute Gasteiger partial charge is 0.285 e. The number of methoxy groups -OCH3 is 1. The number of ether oxygens (including phenoxy) is 1. The van der Waals surface area contributed by atoms with E-state index >= 15 is 0 Å². The minimum Gasteiger partial charge on any atom is -0.495 e. The Labute approximate surface area is 157 Å². The molecule has 2 aromatic rings. The molecule has 0 radical (unpaired) electrons. The van der Waals surface area contributed by atoms with Gasteiger partial charge in [-0.05, 0) is 47.3 Å². The number of halogens is 1. The zero-order valence-corrected chi connectivity index (χ0v) is 16.3. The lowest BCUT2D eigenvalue weighted by Crippen LogP contribution is -2.32. The van der Waals surface area contributed by atoms with Crippen molar-refractivity contribution in [3.8, 4) is 5.75 Å². The van der Waals surface area contributed by atoms with Crippen LogP contribution in [-0.4, -0.2) is 35.7 Å². The van der Waals surface area contributed by atoms with Crippen LogP contribution in [0.4, 0.5) is 11.5 Å². The number of nitro groups is 1. The van der Waals surface area contributed by atoms with E-state index in [9.17, 15) is 14.9 Å². The maximum absolute atomic E-state index is 13.0. The highest BCUT2D eigenvalue weighted by Crippen LogP contribution is 2.35. The molecule has 1 heterocycles. The molecule has 1 amide bonds. The SMILES string of the molecule is CCN(C(=O)c1cc(SC)c(OC)cc1[N+](=O)[O-])c1ccc(Br)cn1. The monoisotopic (exact) mass is 425 g/mol. The van der Waals surface area contributed by atoms with Crippen LogP contribution < -0.4 is 9.64 Å². The molecule has 0 spiro atoms. The number of rotatable bonds is 6. The van der Waals surface area contributed by atoms with Gasteiger partial charge in [0.05, 0.1) is 23.0 Å². The Balaban J connectivity index is 2.55. The second-order valence-electron chi connectivity index (χ2n) is 4.87. The van der Waals surface area contributed by atoms with Crippen LogP contribution in [0.15, 0.2) is 39.8 Å². The van der Waals surface area contributed by atoms with Crippen molar-refractivity contribution < 1.29 is 14.5 Å². The highest BCUT2D eigenvalue weighted by atomic mass is 79.9. The molecule has 132 valence electrons. The number of benzene rings is 1. The molecule has 25 heavy (non-hydrogen) atoms. The van der Waals surface area contributed by atoms with Gasteiger partial charge in [-0.3, -0.25) is 19.8 Å². The van der Waals surface area contributed by atoms with Gasteiger partial charge in [0.15, 0.2) is 0 Å². The minimum absolute atomic E-state index is 0.00159. The van der Waals surface area contributed by atoms with Crippen LogP contribution in [-0.2, 0) is 0 Å². The fourth-order valence-electron chi connectivity index (χ4n) is 2.27. The first-order chi connectivity index (χ1) is 11.9. The summed E-state index contributed by atoms with van der Waals surface area (Å²) in [5.41, 5.74) is -0.295. The maximum atomic E-state index is 13.0. The zero-order chi connectivity index (χ0) is 18.6. The van der Waals surface area contributed by atoms with Gasteiger partial charge in [-0.25, -0.2) is 4.98 Å². The summed E-state index contributed by atoms with van der Waals surface area (Å²) in [6.45, 7) is 2.11. The van der Waals surface area contributed by atoms with Gasteiger partial charge < -0.3 is 4.74 Å². The van der Waals surface area contributed by atoms with E-state index in [-0.39, 0.29) is 11.3 Å². The van der Waals surface area contributed by atoms with Crippen LogP contribution in [0.3, 0.4) is 0 Å².